The van der Waals surface area contributed by atoms with Gasteiger partial charge in [0.2, 0.25) is 0 Å². The van der Waals surface area contributed by atoms with Gasteiger partial charge in [-0.05, 0) is 37.8 Å². The molecule has 1 fully saturated rings. The summed E-state index contributed by atoms with van der Waals surface area (Å²) in [5.41, 5.74) is -0.726. The van der Waals surface area contributed by atoms with Gasteiger partial charge in [0.05, 0.1) is 11.1 Å². The molecule has 0 atom stereocenters. The van der Waals surface area contributed by atoms with Crippen molar-refractivity contribution in [2.45, 2.75) is 31.2 Å². The van der Waals surface area contributed by atoms with Gasteiger partial charge in [-0.2, -0.15) is 5.26 Å². The van der Waals surface area contributed by atoms with Crippen molar-refractivity contribution in [2.24, 2.45) is 0 Å². The SMILES string of the molecule is N#CC1(NC(=O)c2nc(Cl)ccc2Cl)CCCC1. The number of nitrogens with zero attached hydrogens (tertiary/aromatic N) is 2. The Balaban J connectivity index is 2.22. The molecule has 6 heteroatoms. The van der Waals surface area contributed by atoms with Gasteiger partial charge in [-0.3, -0.25) is 4.79 Å². The summed E-state index contributed by atoms with van der Waals surface area (Å²) in [7, 11) is 0. The first-order valence-corrected chi connectivity index (χ1v) is 6.38. The third kappa shape index (κ3) is 2.58. The maximum Gasteiger partial charge on any atom is 0.272 e. The molecule has 94 valence electrons. The molecule has 1 aliphatic carbocycles. The van der Waals surface area contributed by atoms with Crippen LogP contribution in [0.1, 0.15) is 36.2 Å². The number of halogens is 2. The summed E-state index contributed by atoms with van der Waals surface area (Å²) in [5, 5.41) is 12.3. The van der Waals surface area contributed by atoms with Crippen LogP contribution < -0.4 is 5.32 Å². The monoisotopic (exact) mass is 283 g/mol. The Morgan fingerprint density at radius 2 is 2.06 bits per heavy atom. The highest BCUT2D eigenvalue weighted by atomic mass is 35.5. The van der Waals surface area contributed by atoms with E-state index in [4.69, 9.17) is 23.2 Å². The van der Waals surface area contributed by atoms with Gasteiger partial charge < -0.3 is 5.32 Å². The number of hydrogen-bond acceptors (Lipinski definition) is 3. The average molecular weight is 284 g/mol. The fourth-order valence-electron chi connectivity index (χ4n) is 2.10. The number of nitriles is 1. The molecule has 1 heterocycles. The number of rotatable bonds is 2. The Bertz CT molecular complexity index is 519. The molecular weight excluding hydrogens is 273 g/mol. The van der Waals surface area contributed by atoms with E-state index in [2.05, 4.69) is 16.4 Å². The van der Waals surface area contributed by atoms with Gasteiger partial charge >= 0.3 is 0 Å². The lowest BCUT2D eigenvalue weighted by Crippen LogP contribution is -2.45. The van der Waals surface area contributed by atoms with Crippen molar-refractivity contribution < 1.29 is 4.79 Å². The van der Waals surface area contributed by atoms with Crippen molar-refractivity contribution in [2.75, 3.05) is 0 Å². The predicted octanol–water partition coefficient (Wildman–Crippen LogP) is 2.95. The van der Waals surface area contributed by atoms with Crippen LogP contribution >= 0.6 is 23.2 Å². The zero-order valence-electron chi connectivity index (χ0n) is 9.54. The molecule has 1 aromatic heterocycles. The first-order valence-electron chi connectivity index (χ1n) is 5.62. The van der Waals surface area contributed by atoms with Gasteiger partial charge in [-0.15, -0.1) is 0 Å². The van der Waals surface area contributed by atoms with Crippen molar-refractivity contribution in [3.8, 4) is 6.07 Å². The van der Waals surface area contributed by atoms with Crippen LogP contribution in [0.15, 0.2) is 12.1 Å². The smallest absolute Gasteiger partial charge is 0.272 e. The van der Waals surface area contributed by atoms with Crippen LogP contribution in [0.3, 0.4) is 0 Å². The van der Waals surface area contributed by atoms with Crippen molar-refractivity contribution in [1.29, 1.82) is 5.26 Å². The van der Waals surface area contributed by atoms with Crippen LogP contribution in [0.4, 0.5) is 0 Å². The first-order chi connectivity index (χ1) is 8.56. The van der Waals surface area contributed by atoms with Crippen LogP contribution in [0, 0.1) is 11.3 Å². The van der Waals surface area contributed by atoms with Crippen molar-refractivity contribution >= 4 is 29.1 Å². The van der Waals surface area contributed by atoms with Crippen LogP contribution in [0.2, 0.25) is 10.2 Å². The normalized spacial score (nSPS) is 17.2. The van der Waals surface area contributed by atoms with E-state index in [9.17, 15) is 10.1 Å². The Morgan fingerprint density at radius 1 is 1.39 bits per heavy atom. The highest BCUT2D eigenvalue weighted by Crippen LogP contribution is 2.29. The van der Waals surface area contributed by atoms with Gasteiger partial charge in [0.25, 0.3) is 5.91 Å². The Labute approximate surface area is 115 Å². The molecule has 0 radical (unpaired) electrons. The molecule has 1 saturated carbocycles. The van der Waals surface area contributed by atoms with E-state index in [1.807, 2.05) is 0 Å². The Morgan fingerprint density at radius 3 is 2.67 bits per heavy atom. The number of carbonyl (C=O) groups is 1. The van der Waals surface area contributed by atoms with E-state index < -0.39 is 11.4 Å². The van der Waals surface area contributed by atoms with Crippen LogP contribution in [0.5, 0.6) is 0 Å². The van der Waals surface area contributed by atoms with Crippen LogP contribution in [-0.2, 0) is 0 Å². The number of pyridine rings is 1. The molecule has 1 aromatic rings. The fraction of sp³-hybridized carbons (Fsp3) is 0.417. The molecular formula is C12H11Cl2N3O. The summed E-state index contributed by atoms with van der Waals surface area (Å²) >= 11 is 11.6. The molecule has 2 rings (SSSR count). The number of hydrogen-bond donors (Lipinski definition) is 1. The van der Waals surface area contributed by atoms with Gasteiger partial charge in [-0.25, -0.2) is 4.98 Å². The quantitative estimate of drug-likeness (QED) is 0.849. The van der Waals surface area contributed by atoms with E-state index in [-0.39, 0.29) is 15.9 Å². The fourth-order valence-corrected chi connectivity index (χ4v) is 2.44. The van der Waals surface area contributed by atoms with E-state index >= 15 is 0 Å². The van der Waals surface area contributed by atoms with Gasteiger partial charge in [0.1, 0.15) is 16.4 Å². The van der Waals surface area contributed by atoms with Crippen LogP contribution in [-0.4, -0.2) is 16.4 Å². The molecule has 0 spiro atoms. The minimum absolute atomic E-state index is 0.0608. The topological polar surface area (TPSA) is 65.8 Å². The van der Waals surface area contributed by atoms with Crippen molar-refractivity contribution in [3.05, 3.63) is 28.0 Å². The molecule has 18 heavy (non-hydrogen) atoms. The molecule has 4 nitrogen and oxygen atoms in total. The molecule has 0 bridgehead atoms. The number of carbonyl (C=O) groups excluding carboxylic acids is 1. The first kappa shape index (κ1) is 13.1. The third-order valence-corrected chi connectivity index (χ3v) is 3.57. The lowest BCUT2D eigenvalue weighted by molar-refractivity contribution is 0.0915. The highest BCUT2D eigenvalue weighted by Gasteiger charge is 2.36. The Hall–Kier alpha value is -1.31. The number of nitrogens with one attached hydrogen (secondary N) is 1. The summed E-state index contributed by atoms with van der Waals surface area (Å²) in [4.78, 5) is 16.0. The summed E-state index contributed by atoms with van der Waals surface area (Å²) in [5.74, 6) is -0.453. The van der Waals surface area contributed by atoms with Crippen molar-refractivity contribution in [3.63, 3.8) is 0 Å². The van der Waals surface area contributed by atoms with E-state index in [1.54, 1.807) is 0 Å². The second-order valence-electron chi connectivity index (χ2n) is 4.32. The van der Waals surface area contributed by atoms with Gasteiger partial charge in [0.15, 0.2) is 0 Å². The second kappa shape index (κ2) is 5.13. The number of aromatic nitrogens is 1. The molecule has 0 aliphatic heterocycles. The molecule has 0 saturated heterocycles. The zero-order chi connectivity index (χ0) is 13.2. The summed E-state index contributed by atoms with van der Waals surface area (Å²) in [6.07, 6.45) is 3.19. The summed E-state index contributed by atoms with van der Waals surface area (Å²) in [6.45, 7) is 0. The second-order valence-corrected chi connectivity index (χ2v) is 5.11. The standard InChI is InChI=1S/C12H11Cl2N3O/c13-8-3-4-9(14)16-10(8)11(18)17-12(7-15)5-1-2-6-12/h3-4H,1-2,5-6H2,(H,17,18). The predicted molar refractivity (Wildman–Crippen MR) is 68.5 cm³/mol. The molecule has 1 amide bonds. The molecule has 1 N–H and O–H groups in total. The van der Waals surface area contributed by atoms with E-state index in [0.717, 1.165) is 12.8 Å². The summed E-state index contributed by atoms with van der Waals surface area (Å²) < 4.78 is 0. The van der Waals surface area contributed by atoms with E-state index in [1.165, 1.54) is 12.1 Å². The molecule has 0 unspecified atom stereocenters. The number of amides is 1. The largest absolute Gasteiger partial charge is 0.332 e. The lowest BCUT2D eigenvalue weighted by Gasteiger charge is -2.21. The van der Waals surface area contributed by atoms with Gasteiger partial charge in [0, 0.05) is 0 Å². The third-order valence-electron chi connectivity index (χ3n) is 3.05. The minimum atomic E-state index is -0.787. The lowest BCUT2D eigenvalue weighted by atomic mass is 10.00. The summed E-state index contributed by atoms with van der Waals surface area (Å²) in [6, 6.07) is 5.20. The maximum atomic E-state index is 12.1. The highest BCUT2D eigenvalue weighted by molar-refractivity contribution is 6.34. The maximum absolute atomic E-state index is 12.1. The average Bonchev–Trinajstić information content (AvgIpc) is 2.81. The zero-order valence-corrected chi connectivity index (χ0v) is 11.1. The van der Waals surface area contributed by atoms with Gasteiger partial charge in [-0.1, -0.05) is 23.2 Å². The van der Waals surface area contributed by atoms with Crippen molar-refractivity contribution in [1.82, 2.24) is 10.3 Å². The van der Waals surface area contributed by atoms with Crippen LogP contribution in [0.25, 0.3) is 0 Å². The molecule has 1 aliphatic rings. The molecule has 0 aromatic carbocycles. The Kier molecular flexibility index (Phi) is 3.74. The van der Waals surface area contributed by atoms with E-state index in [0.29, 0.717) is 12.8 Å². The minimum Gasteiger partial charge on any atom is -0.332 e.